The minimum atomic E-state index is -3.73. The van der Waals surface area contributed by atoms with Crippen LogP contribution in [-0.4, -0.2) is 14.3 Å². The van der Waals surface area contributed by atoms with Gasteiger partial charge in [-0.05, 0) is 37.1 Å². The van der Waals surface area contributed by atoms with Crippen LogP contribution in [-0.2, 0) is 13.8 Å². The van der Waals surface area contributed by atoms with E-state index in [-0.39, 0.29) is 10.8 Å². The Morgan fingerprint density at radius 3 is 2.50 bits per heavy atom. The predicted octanol–water partition coefficient (Wildman–Crippen LogP) is 3.83. The van der Waals surface area contributed by atoms with E-state index in [1.807, 2.05) is 0 Å². The third kappa shape index (κ3) is 5.51. The lowest BCUT2D eigenvalue weighted by molar-refractivity contribution is -0.116. The van der Waals surface area contributed by atoms with Gasteiger partial charge in [0.15, 0.2) is 0 Å². The molecule has 0 atom stereocenters. The molecule has 1 rings (SSSR count). The Hall–Kier alpha value is -1.07. The van der Waals surface area contributed by atoms with E-state index < -0.39 is 9.05 Å². The van der Waals surface area contributed by atoms with Gasteiger partial charge in [0.25, 0.3) is 9.05 Å². The molecule has 0 bridgehead atoms. The number of halogens is 1. The summed E-state index contributed by atoms with van der Waals surface area (Å²) < 4.78 is 22.4. The number of carbonyl (C=O) groups is 1. The highest BCUT2D eigenvalue weighted by atomic mass is 35.7. The second-order valence-electron chi connectivity index (χ2n) is 4.77. The molecule has 0 saturated heterocycles. The standard InChI is InChI=1S/C14H20ClNO3S/c1-3-4-5-6-7-14(17)16-13-9-8-12(10-11(13)2)20(15,18)19/h8-10H,3-7H2,1-2H3,(H,16,17). The van der Waals surface area contributed by atoms with Gasteiger partial charge in [-0.1, -0.05) is 26.2 Å². The molecular weight excluding hydrogens is 298 g/mol. The van der Waals surface area contributed by atoms with Crippen LogP contribution in [0.15, 0.2) is 23.1 Å². The fraction of sp³-hybridized carbons (Fsp3) is 0.500. The van der Waals surface area contributed by atoms with Crippen molar-refractivity contribution in [2.24, 2.45) is 0 Å². The number of anilines is 1. The molecule has 1 N–H and O–H groups in total. The monoisotopic (exact) mass is 317 g/mol. The Morgan fingerprint density at radius 2 is 1.95 bits per heavy atom. The summed E-state index contributed by atoms with van der Waals surface area (Å²) in [4.78, 5) is 11.8. The van der Waals surface area contributed by atoms with Crippen molar-refractivity contribution in [2.45, 2.75) is 50.8 Å². The number of rotatable bonds is 7. The SMILES string of the molecule is CCCCCCC(=O)Nc1ccc(S(=O)(=O)Cl)cc1C. The molecule has 6 heteroatoms. The lowest BCUT2D eigenvalue weighted by Crippen LogP contribution is -2.12. The molecule has 0 heterocycles. The van der Waals surface area contributed by atoms with Gasteiger partial charge < -0.3 is 5.32 Å². The first kappa shape index (κ1) is 17.0. The molecular formula is C14H20ClNO3S. The van der Waals surface area contributed by atoms with E-state index in [0.717, 1.165) is 25.7 Å². The largest absolute Gasteiger partial charge is 0.326 e. The molecule has 0 spiro atoms. The Kier molecular flexibility index (Phi) is 6.49. The van der Waals surface area contributed by atoms with Gasteiger partial charge in [0.05, 0.1) is 4.90 Å². The smallest absolute Gasteiger partial charge is 0.261 e. The van der Waals surface area contributed by atoms with Gasteiger partial charge in [0.2, 0.25) is 5.91 Å². The first-order chi connectivity index (χ1) is 9.34. The lowest BCUT2D eigenvalue weighted by atomic mass is 10.1. The lowest BCUT2D eigenvalue weighted by Gasteiger charge is -2.09. The Bertz CT molecular complexity index is 570. The van der Waals surface area contributed by atoms with Crippen LogP contribution < -0.4 is 5.32 Å². The summed E-state index contributed by atoms with van der Waals surface area (Å²) in [5.74, 6) is -0.0503. The maximum atomic E-state index is 11.8. The Balaban J connectivity index is 2.63. The zero-order valence-corrected chi connectivity index (χ0v) is 13.4. The minimum Gasteiger partial charge on any atom is -0.326 e. The quantitative estimate of drug-likeness (QED) is 0.614. The highest BCUT2D eigenvalue weighted by Crippen LogP contribution is 2.22. The molecule has 0 fully saturated rings. The molecule has 0 aromatic heterocycles. The van der Waals surface area contributed by atoms with Crippen molar-refractivity contribution in [1.29, 1.82) is 0 Å². The molecule has 0 saturated carbocycles. The maximum Gasteiger partial charge on any atom is 0.261 e. The molecule has 0 aliphatic rings. The molecule has 112 valence electrons. The molecule has 4 nitrogen and oxygen atoms in total. The maximum absolute atomic E-state index is 11.8. The van der Waals surface area contributed by atoms with Crippen molar-refractivity contribution in [3.05, 3.63) is 23.8 Å². The van der Waals surface area contributed by atoms with E-state index >= 15 is 0 Å². The van der Waals surface area contributed by atoms with E-state index in [1.54, 1.807) is 13.0 Å². The first-order valence-corrected chi connectivity index (χ1v) is 9.00. The van der Waals surface area contributed by atoms with Gasteiger partial charge in [-0.25, -0.2) is 8.42 Å². The highest BCUT2D eigenvalue weighted by molar-refractivity contribution is 8.13. The molecule has 20 heavy (non-hydrogen) atoms. The van der Waals surface area contributed by atoms with E-state index in [4.69, 9.17) is 10.7 Å². The number of hydrogen-bond acceptors (Lipinski definition) is 3. The summed E-state index contributed by atoms with van der Waals surface area (Å²) in [6.07, 6.45) is 4.66. The van der Waals surface area contributed by atoms with Crippen LogP contribution in [0.4, 0.5) is 5.69 Å². The van der Waals surface area contributed by atoms with Gasteiger partial charge in [-0.2, -0.15) is 0 Å². The van der Waals surface area contributed by atoms with Crippen molar-refractivity contribution in [2.75, 3.05) is 5.32 Å². The van der Waals surface area contributed by atoms with Crippen LogP contribution >= 0.6 is 10.7 Å². The van der Waals surface area contributed by atoms with E-state index in [0.29, 0.717) is 17.7 Å². The average Bonchev–Trinajstić information content (AvgIpc) is 2.36. The zero-order valence-electron chi connectivity index (χ0n) is 11.8. The topological polar surface area (TPSA) is 63.2 Å². The zero-order chi connectivity index (χ0) is 15.2. The van der Waals surface area contributed by atoms with Gasteiger partial charge in [0, 0.05) is 22.8 Å². The van der Waals surface area contributed by atoms with Crippen LogP contribution in [0.2, 0.25) is 0 Å². The summed E-state index contributed by atoms with van der Waals surface area (Å²) in [5.41, 5.74) is 1.29. The molecule has 1 amide bonds. The summed E-state index contributed by atoms with van der Waals surface area (Å²) in [5, 5.41) is 2.79. The van der Waals surface area contributed by atoms with Gasteiger partial charge in [-0.15, -0.1) is 0 Å². The third-order valence-electron chi connectivity index (χ3n) is 3.01. The second kappa shape index (κ2) is 7.64. The number of amides is 1. The van der Waals surface area contributed by atoms with Gasteiger partial charge in [-0.3, -0.25) is 4.79 Å². The number of unbranched alkanes of at least 4 members (excludes halogenated alkanes) is 3. The fourth-order valence-electron chi connectivity index (χ4n) is 1.85. The second-order valence-corrected chi connectivity index (χ2v) is 7.34. The molecule has 0 aliphatic carbocycles. The molecule has 1 aromatic carbocycles. The molecule has 0 unspecified atom stereocenters. The van der Waals surface area contributed by atoms with E-state index in [1.165, 1.54) is 12.1 Å². The average molecular weight is 318 g/mol. The summed E-state index contributed by atoms with van der Waals surface area (Å²) in [6, 6.07) is 4.41. The number of nitrogens with one attached hydrogen (secondary N) is 1. The molecule has 0 aliphatic heterocycles. The number of hydrogen-bond donors (Lipinski definition) is 1. The Morgan fingerprint density at radius 1 is 1.25 bits per heavy atom. The van der Waals surface area contributed by atoms with Crippen molar-refractivity contribution < 1.29 is 13.2 Å². The number of carbonyl (C=O) groups excluding carboxylic acids is 1. The van der Waals surface area contributed by atoms with Crippen molar-refractivity contribution >= 4 is 31.3 Å². The van der Waals surface area contributed by atoms with E-state index in [9.17, 15) is 13.2 Å². The van der Waals surface area contributed by atoms with Crippen molar-refractivity contribution in [3.63, 3.8) is 0 Å². The minimum absolute atomic E-state index is 0.0395. The van der Waals surface area contributed by atoms with Gasteiger partial charge >= 0.3 is 0 Å². The van der Waals surface area contributed by atoms with Crippen LogP contribution in [0.3, 0.4) is 0 Å². The van der Waals surface area contributed by atoms with Crippen molar-refractivity contribution in [3.8, 4) is 0 Å². The van der Waals surface area contributed by atoms with Crippen LogP contribution in [0.1, 0.15) is 44.6 Å². The predicted molar refractivity (Wildman–Crippen MR) is 81.6 cm³/mol. The summed E-state index contributed by atoms with van der Waals surface area (Å²) in [6.45, 7) is 3.86. The number of benzene rings is 1. The van der Waals surface area contributed by atoms with Crippen LogP contribution in [0.5, 0.6) is 0 Å². The highest BCUT2D eigenvalue weighted by Gasteiger charge is 2.12. The van der Waals surface area contributed by atoms with Crippen molar-refractivity contribution in [1.82, 2.24) is 0 Å². The van der Waals surface area contributed by atoms with E-state index in [2.05, 4.69) is 12.2 Å². The van der Waals surface area contributed by atoms with Gasteiger partial charge in [0.1, 0.15) is 0 Å². The molecule has 0 radical (unpaired) electrons. The number of aryl methyl sites for hydroxylation is 1. The third-order valence-corrected chi connectivity index (χ3v) is 4.36. The summed E-state index contributed by atoms with van der Waals surface area (Å²) >= 11 is 0. The van der Waals surface area contributed by atoms with Crippen LogP contribution in [0.25, 0.3) is 0 Å². The summed E-state index contributed by atoms with van der Waals surface area (Å²) in [7, 11) is 1.54. The Labute approximate surface area is 124 Å². The molecule has 1 aromatic rings. The fourth-order valence-corrected chi connectivity index (χ4v) is 2.69. The van der Waals surface area contributed by atoms with Crippen LogP contribution in [0, 0.1) is 6.92 Å². The first-order valence-electron chi connectivity index (χ1n) is 6.69. The normalized spacial score (nSPS) is 11.3.